The van der Waals surface area contributed by atoms with Crippen LogP contribution in [0.2, 0.25) is 5.02 Å². The summed E-state index contributed by atoms with van der Waals surface area (Å²) in [4.78, 5) is 27.9. The molecule has 3 aromatic rings. The third-order valence-corrected chi connectivity index (χ3v) is 9.21. The van der Waals surface area contributed by atoms with Crippen LogP contribution in [0.5, 0.6) is 0 Å². The molecule has 1 atom stereocenters. The molecule has 1 amide bonds. The second kappa shape index (κ2) is 11.1. The minimum atomic E-state index is -0.593. The SMILES string of the molecule is Cc1ccccc1NC(=O)CSc1nnc(N2C(N)=C(C#N)C(c3ccc(Cl)cc3)C3=C2CC(C)(C)CC3=O)s1. The standard InChI is InChI=1S/C29H27ClN6O2S2/c1-16-6-4-5-7-20(16)33-23(38)15-39-28-35-34-27(40-28)36-21-12-29(2,3)13-22(37)25(21)24(19(14-31)26(36)32)17-8-10-18(30)11-9-17/h4-11,24H,12-13,15,32H2,1-3H3,(H,33,38). The molecule has 0 saturated carbocycles. The minimum absolute atomic E-state index is 0.0246. The van der Waals surface area contributed by atoms with Gasteiger partial charge < -0.3 is 11.1 Å². The average molecular weight is 591 g/mol. The fourth-order valence-electron chi connectivity index (χ4n) is 5.09. The number of hydrogen-bond acceptors (Lipinski definition) is 9. The summed E-state index contributed by atoms with van der Waals surface area (Å²) in [6.07, 6.45) is 0.925. The normalized spacial score (nSPS) is 18.4. The Bertz CT molecular complexity index is 1600. The van der Waals surface area contributed by atoms with Crippen molar-refractivity contribution in [1.29, 1.82) is 5.26 Å². The molecule has 0 saturated heterocycles. The number of amides is 1. The number of halogens is 1. The van der Waals surface area contributed by atoms with E-state index in [0.29, 0.717) is 32.9 Å². The molecule has 1 aliphatic carbocycles. The minimum Gasteiger partial charge on any atom is -0.384 e. The molecular weight excluding hydrogens is 564 g/mol. The Balaban J connectivity index is 1.47. The molecule has 5 rings (SSSR count). The number of hydrogen-bond donors (Lipinski definition) is 2. The monoisotopic (exact) mass is 590 g/mol. The molecule has 1 aromatic heterocycles. The summed E-state index contributed by atoms with van der Waals surface area (Å²) in [6.45, 7) is 6.01. The fourth-order valence-corrected chi connectivity index (χ4v) is 6.90. The van der Waals surface area contributed by atoms with Crippen LogP contribution in [0.1, 0.15) is 43.7 Å². The molecule has 8 nitrogen and oxygen atoms in total. The molecule has 3 N–H and O–H groups in total. The highest BCUT2D eigenvalue weighted by Gasteiger charge is 2.45. The maximum absolute atomic E-state index is 13.6. The van der Waals surface area contributed by atoms with Gasteiger partial charge in [0.05, 0.1) is 23.3 Å². The third kappa shape index (κ3) is 5.50. The van der Waals surface area contributed by atoms with Gasteiger partial charge in [0.2, 0.25) is 11.0 Å². The maximum Gasteiger partial charge on any atom is 0.234 e. The van der Waals surface area contributed by atoms with E-state index in [4.69, 9.17) is 17.3 Å². The number of aromatic nitrogens is 2. The first kappa shape index (κ1) is 27.9. The lowest BCUT2D eigenvalue weighted by Gasteiger charge is -2.42. The summed E-state index contributed by atoms with van der Waals surface area (Å²) in [5, 5.41) is 22.8. The van der Waals surface area contributed by atoms with E-state index in [1.807, 2.05) is 57.2 Å². The quantitative estimate of drug-likeness (QED) is 0.326. The highest BCUT2D eigenvalue weighted by atomic mass is 35.5. The number of carbonyl (C=O) groups excluding carboxylic acids is 2. The molecule has 1 unspecified atom stereocenters. The van der Waals surface area contributed by atoms with E-state index in [2.05, 4.69) is 21.6 Å². The molecule has 0 spiro atoms. The largest absolute Gasteiger partial charge is 0.384 e. The van der Waals surface area contributed by atoms with Gasteiger partial charge >= 0.3 is 0 Å². The Hall–Kier alpha value is -3.65. The van der Waals surface area contributed by atoms with Crippen molar-refractivity contribution in [3.8, 4) is 6.07 Å². The summed E-state index contributed by atoms with van der Waals surface area (Å²) in [7, 11) is 0. The Labute approximate surface area is 245 Å². The molecular formula is C29H27ClN6O2S2. The fraction of sp³-hybridized carbons (Fsp3) is 0.276. The van der Waals surface area contributed by atoms with Gasteiger partial charge in [-0.2, -0.15) is 5.26 Å². The molecule has 2 aromatic carbocycles. The van der Waals surface area contributed by atoms with Crippen LogP contribution in [0.4, 0.5) is 10.8 Å². The molecule has 11 heteroatoms. The van der Waals surface area contributed by atoms with E-state index in [9.17, 15) is 14.9 Å². The molecule has 2 heterocycles. The lowest BCUT2D eigenvalue weighted by molar-refractivity contribution is -0.118. The molecule has 40 heavy (non-hydrogen) atoms. The second-order valence-electron chi connectivity index (χ2n) is 10.5. The molecule has 2 aliphatic rings. The number of nitriles is 1. The van der Waals surface area contributed by atoms with Gasteiger partial charge in [0.1, 0.15) is 5.82 Å². The smallest absolute Gasteiger partial charge is 0.234 e. The van der Waals surface area contributed by atoms with E-state index in [-0.39, 0.29) is 34.3 Å². The predicted octanol–water partition coefficient (Wildman–Crippen LogP) is 6.17. The number of rotatable bonds is 6. The Morgan fingerprint density at radius 1 is 1.23 bits per heavy atom. The number of nitrogens with two attached hydrogens (primary N) is 1. The summed E-state index contributed by atoms with van der Waals surface area (Å²) >= 11 is 8.65. The zero-order valence-electron chi connectivity index (χ0n) is 22.2. The number of benzene rings is 2. The number of anilines is 2. The number of para-hydroxylation sites is 1. The van der Waals surface area contributed by atoms with Crippen molar-refractivity contribution in [3.05, 3.63) is 87.3 Å². The van der Waals surface area contributed by atoms with E-state index in [1.54, 1.807) is 17.0 Å². The second-order valence-corrected chi connectivity index (χ2v) is 13.1. The lowest BCUT2D eigenvalue weighted by atomic mass is 9.69. The van der Waals surface area contributed by atoms with Crippen molar-refractivity contribution in [1.82, 2.24) is 10.2 Å². The number of allylic oxidation sites excluding steroid dienone is 3. The van der Waals surface area contributed by atoms with Crippen molar-refractivity contribution in [3.63, 3.8) is 0 Å². The van der Waals surface area contributed by atoms with Gasteiger partial charge in [0.15, 0.2) is 10.1 Å². The number of ketones is 1. The molecule has 0 radical (unpaired) electrons. The first-order valence-electron chi connectivity index (χ1n) is 12.6. The summed E-state index contributed by atoms with van der Waals surface area (Å²) < 4.78 is 0.574. The molecule has 1 aliphatic heterocycles. The highest BCUT2D eigenvalue weighted by molar-refractivity contribution is 8.01. The average Bonchev–Trinajstić information content (AvgIpc) is 3.36. The Morgan fingerprint density at radius 2 is 1.95 bits per heavy atom. The number of Topliss-reactive ketones (excluding diaryl/α,β-unsaturated/α-hetero) is 1. The summed E-state index contributed by atoms with van der Waals surface area (Å²) in [5.74, 6) is -0.407. The molecule has 0 bridgehead atoms. The van der Waals surface area contributed by atoms with Gasteiger partial charge in [-0.05, 0) is 48.1 Å². The van der Waals surface area contributed by atoms with E-state index < -0.39 is 5.92 Å². The van der Waals surface area contributed by atoms with Crippen LogP contribution in [-0.4, -0.2) is 27.6 Å². The van der Waals surface area contributed by atoms with Gasteiger partial charge in [-0.15, -0.1) is 10.2 Å². The number of carbonyl (C=O) groups is 2. The molecule has 0 fully saturated rings. The van der Waals surface area contributed by atoms with Crippen LogP contribution in [0.15, 0.2) is 75.5 Å². The lowest BCUT2D eigenvalue weighted by Crippen LogP contribution is -2.42. The first-order chi connectivity index (χ1) is 19.1. The van der Waals surface area contributed by atoms with Crippen molar-refractivity contribution in [2.45, 2.75) is 43.9 Å². The van der Waals surface area contributed by atoms with Crippen LogP contribution in [0, 0.1) is 23.7 Å². The van der Waals surface area contributed by atoms with Crippen LogP contribution in [0.25, 0.3) is 0 Å². The third-order valence-electron chi connectivity index (χ3n) is 6.92. The topological polar surface area (TPSA) is 125 Å². The van der Waals surface area contributed by atoms with E-state index in [1.165, 1.54) is 23.1 Å². The van der Waals surface area contributed by atoms with Crippen LogP contribution >= 0.6 is 34.7 Å². The van der Waals surface area contributed by atoms with Gasteiger partial charge in [-0.25, -0.2) is 0 Å². The number of thioether (sulfide) groups is 1. The highest BCUT2D eigenvalue weighted by Crippen LogP contribution is 2.50. The zero-order chi connectivity index (χ0) is 28.6. The number of nitrogens with one attached hydrogen (secondary N) is 1. The first-order valence-corrected chi connectivity index (χ1v) is 14.8. The van der Waals surface area contributed by atoms with Crippen molar-refractivity contribution < 1.29 is 9.59 Å². The molecule has 204 valence electrons. The van der Waals surface area contributed by atoms with E-state index >= 15 is 0 Å². The van der Waals surface area contributed by atoms with Gasteiger partial charge in [0, 0.05) is 28.4 Å². The van der Waals surface area contributed by atoms with Crippen LogP contribution < -0.4 is 16.0 Å². The maximum atomic E-state index is 13.6. The van der Waals surface area contributed by atoms with Crippen LogP contribution in [0.3, 0.4) is 0 Å². The Kier molecular flexibility index (Phi) is 7.73. The van der Waals surface area contributed by atoms with Gasteiger partial charge in [-0.1, -0.05) is 78.9 Å². The Morgan fingerprint density at radius 3 is 2.65 bits per heavy atom. The van der Waals surface area contributed by atoms with Crippen molar-refractivity contribution >= 4 is 57.2 Å². The van der Waals surface area contributed by atoms with Crippen molar-refractivity contribution in [2.24, 2.45) is 11.1 Å². The van der Waals surface area contributed by atoms with E-state index in [0.717, 1.165) is 22.5 Å². The van der Waals surface area contributed by atoms with Crippen LogP contribution in [-0.2, 0) is 9.59 Å². The zero-order valence-corrected chi connectivity index (χ0v) is 24.6. The van der Waals surface area contributed by atoms with Crippen molar-refractivity contribution in [2.75, 3.05) is 16.0 Å². The number of aryl methyl sites for hydroxylation is 1. The summed E-state index contributed by atoms with van der Waals surface area (Å²) in [6, 6.07) is 17.0. The predicted molar refractivity (Wildman–Crippen MR) is 159 cm³/mol. The summed E-state index contributed by atoms with van der Waals surface area (Å²) in [5.41, 5.74) is 10.4. The number of nitrogens with zero attached hydrogens (tertiary/aromatic N) is 4. The van der Waals surface area contributed by atoms with Gasteiger partial charge in [-0.3, -0.25) is 14.5 Å². The van der Waals surface area contributed by atoms with Gasteiger partial charge in [0.25, 0.3) is 0 Å².